The number of aliphatic hydroxyl groups excluding tert-OH is 1. The molecule has 0 heterocycles. The highest BCUT2D eigenvalue weighted by molar-refractivity contribution is 5.65. The van der Waals surface area contributed by atoms with Gasteiger partial charge in [0.25, 0.3) is 0 Å². The topological polar surface area (TPSA) is 87.0 Å². The smallest absolute Gasteiger partial charge is 0.302 e. The van der Waals surface area contributed by atoms with Crippen molar-refractivity contribution in [2.45, 2.75) is 57.8 Å². The molecule has 5 nitrogen and oxygen atoms in total. The van der Waals surface area contributed by atoms with Crippen molar-refractivity contribution in [1.29, 1.82) is 0 Å². The summed E-state index contributed by atoms with van der Waals surface area (Å²) in [6.45, 7) is 5.63. The number of rotatable bonds is 6. The first-order chi connectivity index (χ1) is 7.04. The van der Waals surface area contributed by atoms with Crippen LogP contribution in [0, 0.1) is 0 Å². The fourth-order valence-corrected chi connectivity index (χ4v) is 1.14. The van der Waals surface area contributed by atoms with Crippen LogP contribution in [0.2, 0.25) is 0 Å². The van der Waals surface area contributed by atoms with E-state index in [-0.39, 0.29) is 13.0 Å². The molecule has 0 amide bonds. The quantitative estimate of drug-likeness (QED) is 0.572. The maximum Gasteiger partial charge on any atom is 0.302 e. The fourth-order valence-electron chi connectivity index (χ4n) is 1.14. The number of carbonyl (C=O) groups excluding carboxylic acids is 1. The van der Waals surface area contributed by atoms with Gasteiger partial charge in [0, 0.05) is 6.92 Å². The SMILES string of the molecule is CC(=O)OC[C@](C)(O)[C@@H](O)CCC(C)(C)O. The third-order valence-electron chi connectivity index (χ3n) is 2.32. The van der Waals surface area contributed by atoms with E-state index in [1.807, 2.05) is 0 Å². The molecular weight excluding hydrogens is 212 g/mol. The van der Waals surface area contributed by atoms with Gasteiger partial charge in [-0.25, -0.2) is 0 Å². The highest BCUT2D eigenvalue weighted by Crippen LogP contribution is 2.19. The lowest BCUT2D eigenvalue weighted by Crippen LogP contribution is -2.44. The minimum Gasteiger partial charge on any atom is -0.463 e. The van der Waals surface area contributed by atoms with Crippen molar-refractivity contribution in [3.63, 3.8) is 0 Å². The molecule has 0 unspecified atom stereocenters. The van der Waals surface area contributed by atoms with Crippen LogP contribution in [-0.4, -0.2) is 45.2 Å². The first-order valence-corrected chi connectivity index (χ1v) is 5.31. The van der Waals surface area contributed by atoms with Gasteiger partial charge in [0.15, 0.2) is 0 Å². The molecule has 0 aromatic rings. The summed E-state index contributed by atoms with van der Waals surface area (Å²) in [7, 11) is 0. The first kappa shape index (κ1) is 15.3. The van der Waals surface area contributed by atoms with E-state index in [9.17, 15) is 20.1 Å². The lowest BCUT2D eigenvalue weighted by Gasteiger charge is -2.30. The second-order valence-corrected chi connectivity index (χ2v) is 5.00. The molecule has 16 heavy (non-hydrogen) atoms. The maximum atomic E-state index is 10.6. The van der Waals surface area contributed by atoms with Gasteiger partial charge >= 0.3 is 5.97 Å². The molecule has 0 aromatic carbocycles. The van der Waals surface area contributed by atoms with E-state index in [4.69, 9.17) is 0 Å². The van der Waals surface area contributed by atoms with E-state index in [2.05, 4.69) is 4.74 Å². The van der Waals surface area contributed by atoms with E-state index in [1.54, 1.807) is 13.8 Å². The summed E-state index contributed by atoms with van der Waals surface area (Å²) in [6.07, 6.45) is -0.458. The van der Waals surface area contributed by atoms with Crippen molar-refractivity contribution >= 4 is 5.97 Å². The normalized spacial score (nSPS) is 17.7. The van der Waals surface area contributed by atoms with Crippen LogP contribution in [0.4, 0.5) is 0 Å². The summed E-state index contributed by atoms with van der Waals surface area (Å²) in [5, 5.41) is 29.0. The van der Waals surface area contributed by atoms with Gasteiger partial charge in [-0.05, 0) is 33.6 Å². The summed E-state index contributed by atoms with van der Waals surface area (Å²) in [6, 6.07) is 0. The molecule has 0 spiro atoms. The largest absolute Gasteiger partial charge is 0.463 e. The lowest BCUT2D eigenvalue weighted by atomic mass is 9.92. The molecule has 0 aromatic heterocycles. The zero-order chi connectivity index (χ0) is 13.0. The molecular formula is C11H22O5. The minimum absolute atomic E-state index is 0.234. The molecule has 3 N–H and O–H groups in total. The Morgan fingerprint density at radius 1 is 1.31 bits per heavy atom. The lowest BCUT2D eigenvalue weighted by molar-refractivity contribution is -0.157. The van der Waals surface area contributed by atoms with Crippen LogP contribution in [0.3, 0.4) is 0 Å². The third kappa shape index (κ3) is 6.76. The van der Waals surface area contributed by atoms with Gasteiger partial charge in [0.2, 0.25) is 0 Å². The van der Waals surface area contributed by atoms with E-state index in [0.717, 1.165) is 0 Å². The van der Waals surface area contributed by atoms with Crippen molar-refractivity contribution in [3.8, 4) is 0 Å². The summed E-state index contributed by atoms with van der Waals surface area (Å²) < 4.78 is 4.65. The zero-order valence-electron chi connectivity index (χ0n) is 10.4. The van der Waals surface area contributed by atoms with Gasteiger partial charge in [-0.3, -0.25) is 4.79 Å². The predicted molar refractivity (Wildman–Crippen MR) is 58.8 cm³/mol. The van der Waals surface area contributed by atoms with E-state index in [1.165, 1.54) is 13.8 Å². The Morgan fingerprint density at radius 2 is 1.81 bits per heavy atom. The Balaban J connectivity index is 4.13. The van der Waals surface area contributed by atoms with E-state index < -0.39 is 23.3 Å². The summed E-state index contributed by atoms with van der Waals surface area (Å²) in [5.41, 5.74) is -2.38. The Bertz CT molecular complexity index is 229. The van der Waals surface area contributed by atoms with Gasteiger partial charge in [-0.2, -0.15) is 0 Å². The number of hydrogen-bond donors (Lipinski definition) is 3. The van der Waals surface area contributed by atoms with Gasteiger partial charge in [0.1, 0.15) is 12.2 Å². The van der Waals surface area contributed by atoms with Crippen molar-refractivity contribution in [2.75, 3.05) is 6.61 Å². The van der Waals surface area contributed by atoms with Gasteiger partial charge in [0.05, 0.1) is 11.7 Å². The van der Waals surface area contributed by atoms with Crippen molar-refractivity contribution < 1.29 is 24.9 Å². The zero-order valence-corrected chi connectivity index (χ0v) is 10.4. The van der Waals surface area contributed by atoms with E-state index >= 15 is 0 Å². The van der Waals surface area contributed by atoms with Gasteiger partial charge in [-0.1, -0.05) is 0 Å². The number of carbonyl (C=O) groups is 1. The van der Waals surface area contributed by atoms with Crippen LogP contribution >= 0.6 is 0 Å². The standard InChI is InChI=1S/C11H22O5/c1-8(12)16-7-11(4,15)9(13)5-6-10(2,3)14/h9,13-15H,5-7H2,1-4H3/t9-,11-/m0/s1. The number of aliphatic hydroxyl groups is 3. The second-order valence-electron chi connectivity index (χ2n) is 5.00. The molecule has 0 aliphatic rings. The monoisotopic (exact) mass is 234 g/mol. The Hall–Kier alpha value is -0.650. The van der Waals surface area contributed by atoms with Crippen LogP contribution < -0.4 is 0 Å². The molecule has 0 saturated carbocycles. The van der Waals surface area contributed by atoms with Crippen LogP contribution in [0.1, 0.15) is 40.5 Å². The second kappa shape index (κ2) is 5.61. The first-order valence-electron chi connectivity index (χ1n) is 5.31. The van der Waals surface area contributed by atoms with Crippen LogP contribution in [0.15, 0.2) is 0 Å². The molecule has 2 atom stereocenters. The van der Waals surface area contributed by atoms with Crippen molar-refractivity contribution in [1.82, 2.24) is 0 Å². The third-order valence-corrected chi connectivity index (χ3v) is 2.32. The van der Waals surface area contributed by atoms with Crippen LogP contribution in [-0.2, 0) is 9.53 Å². The molecule has 0 radical (unpaired) electrons. The van der Waals surface area contributed by atoms with Crippen molar-refractivity contribution in [2.24, 2.45) is 0 Å². The number of esters is 1. The summed E-state index contributed by atoms with van der Waals surface area (Å²) in [5.74, 6) is -0.505. The molecule has 0 saturated heterocycles. The molecule has 96 valence electrons. The van der Waals surface area contributed by atoms with Gasteiger partial charge in [-0.15, -0.1) is 0 Å². The fraction of sp³-hybridized carbons (Fsp3) is 0.909. The van der Waals surface area contributed by atoms with E-state index in [0.29, 0.717) is 6.42 Å². The van der Waals surface area contributed by atoms with Gasteiger partial charge < -0.3 is 20.1 Å². The highest BCUT2D eigenvalue weighted by atomic mass is 16.5. The van der Waals surface area contributed by atoms with Crippen LogP contribution in [0.5, 0.6) is 0 Å². The molecule has 0 rings (SSSR count). The molecule has 0 bridgehead atoms. The molecule has 5 heteroatoms. The molecule has 0 aliphatic heterocycles. The summed E-state index contributed by atoms with van der Waals surface area (Å²) in [4.78, 5) is 10.6. The minimum atomic E-state index is -1.49. The molecule has 0 fully saturated rings. The number of ether oxygens (including phenoxy) is 1. The summed E-state index contributed by atoms with van der Waals surface area (Å²) >= 11 is 0. The Kier molecular flexibility index (Phi) is 5.38. The Labute approximate surface area is 96.0 Å². The average Bonchev–Trinajstić information content (AvgIpc) is 2.09. The average molecular weight is 234 g/mol. The maximum absolute atomic E-state index is 10.6. The van der Waals surface area contributed by atoms with Crippen molar-refractivity contribution in [3.05, 3.63) is 0 Å². The predicted octanol–water partition coefficient (Wildman–Crippen LogP) is 0.212. The van der Waals surface area contributed by atoms with Crippen LogP contribution in [0.25, 0.3) is 0 Å². The Morgan fingerprint density at radius 3 is 2.19 bits per heavy atom. The number of hydrogen-bond acceptors (Lipinski definition) is 5. The highest BCUT2D eigenvalue weighted by Gasteiger charge is 2.32. The molecule has 0 aliphatic carbocycles.